The summed E-state index contributed by atoms with van der Waals surface area (Å²) in [5.41, 5.74) is 6.18. The molecule has 0 saturated carbocycles. The first-order valence-corrected chi connectivity index (χ1v) is 6.53. The van der Waals surface area contributed by atoms with Gasteiger partial charge in [-0.3, -0.25) is 0 Å². The molecule has 1 aromatic rings. The van der Waals surface area contributed by atoms with Crippen LogP contribution in [0.4, 0.5) is 5.69 Å². The third-order valence-corrected chi connectivity index (χ3v) is 3.19. The largest absolute Gasteiger partial charge is 0.494 e. The topological polar surface area (TPSA) is 35.2 Å². The van der Waals surface area contributed by atoms with E-state index in [1.165, 1.54) is 0 Å². The summed E-state index contributed by atoms with van der Waals surface area (Å²) >= 11 is 7.79. The van der Waals surface area contributed by atoms with Crippen LogP contribution in [-0.4, -0.2) is 18.1 Å². The van der Waals surface area contributed by atoms with Gasteiger partial charge in [0, 0.05) is 6.07 Å². The van der Waals surface area contributed by atoms with Crippen LogP contribution in [0.3, 0.4) is 0 Å². The Morgan fingerprint density at radius 1 is 1.47 bits per heavy atom. The van der Waals surface area contributed by atoms with Crippen molar-refractivity contribution in [2.24, 2.45) is 0 Å². The lowest BCUT2D eigenvalue weighted by Crippen LogP contribution is -1.99. The van der Waals surface area contributed by atoms with Crippen molar-refractivity contribution in [3.8, 4) is 5.75 Å². The molecule has 4 heteroatoms. The number of hydrogen-bond acceptors (Lipinski definition) is 3. The molecule has 0 spiro atoms. The highest BCUT2D eigenvalue weighted by Gasteiger charge is 1.98. The van der Waals surface area contributed by atoms with Crippen LogP contribution in [0, 0.1) is 0 Å². The molecule has 0 amide bonds. The van der Waals surface area contributed by atoms with Gasteiger partial charge < -0.3 is 10.5 Å². The van der Waals surface area contributed by atoms with Gasteiger partial charge in [-0.15, -0.1) is 0 Å². The predicted octanol–water partition coefficient (Wildman–Crippen LogP) is 3.44. The highest BCUT2D eigenvalue weighted by Crippen LogP contribution is 2.24. The number of nitrogens with two attached hydrogens (primary N) is 1. The van der Waals surface area contributed by atoms with Gasteiger partial charge in [0.2, 0.25) is 0 Å². The van der Waals surface area contributed by atoms with Crippen molar-refractivity contribution in [1.29, 1.82) is 0 Å². The SMILES string of the molecule is CCSCCCOc1ccc(N)c(Cl)c1. The lowest BCUT2D eigenvalue weighted by Gasteiger charge is -2.06. The minimum Gasteiger partial charge on any atom is -0.494 e. The second kappa shape index (κ2) is 6.85. The summed E-state index contributed by atoms with van der Waals surface area (Å²) in [5, 5.41) is 0.551. The number of anilines is 1. The average Bonchev–Trinajstić information content (AvgIpc) is 2.23. The third-order valence-electron chi connectivity index (χ3n) is 1.88. The van der Waals surface area contributed by atoms with Crippen molar-refractivity contribution < 1.29 is 4.74 Å². The fraction of sp³-hybridized carbons (Fsp3) is 0.455. The molecule has 0 aliphatic carbocycles. The van der Waals surface area contributed by atoms with Gasteiger partial charge in [0.15, 0.2) is 0 Å². The molecule has 1 rings (SSSR count). The Morgan fingerprint density at radius 3 is 2.93 bits per heavy atom. The van der Waals surface area contributed by atoms with Gasteiger partial charge in [0.1, 0.15) is 5.75 Å². The van der Waals surface area contributed by atoms with E-state index in [-0.39, 0.29) is 0 Å². The van der Waals surface area contributed by atoms with E-state index in [0.29, 0.717) is 10.7 Å². The van der Waals surface area contributed by atoms with Gasteiger partial charge in [-0.2, -0.15) is 11.8 Å². The number of ether oxygens (including phenoxy) is 1. The lowest BCUT2D eigenvalue weighted by atomic mass is 10.3. The molecule has 0 aliphatic heterocycles. The summed E-state index contributed by atoms with van der Waals surface area (Å²) < 4.78 is 5.54. The third kappa shape index (κ3) is 4.67. The van der Waals surface area contributed by atoms with Crippen LogP contribution in [0.1, 0.15) is 13.3 Å². The van der Waals surface area contributed by atoms with Crippen LogP contribution in [0.2, 0.25) is 5.02 Å². The second-order valence-electron chi connectivity index (χ2n) is 3.08. The molecule has 0 saturated heterocycles. The normalized spacial score (nSPS) is 10.3. The van der Waals surface area contributed by atoms with Gasteiger partial charge in [-0.25, -0.2) is 0 Å². The Morgan fingerprint density at radius 2 is 2.27 bits per heavy atom. The van der Waals surface area contributed by atoms with Crippen molar-refractivity contribution in [1.82, 2.24) is 0 Å². The lowest BCUT2D eigenvalue weighted by molar-refractivity contribution is 0.319. The zero-order valence-corrected chi connectivity index (χ0v) is 10.4. The Labute approximate surface area is 100 Å². The van der Waals surface area contributed by atoms with Crippen molar-refractivity contribution in [2.75, 3.05) is 23.8 Å². The molecule has 0 heterocycles. The second-order valence-corrected chi connectivity index (χ2v) is 4.88. The fourth-order valence-electron chi connectivity index (χ4n) is 1.09. The minimum atomic E-state index is 0.551. The molecule has 0 bridgehead atoms. The number of thioether (sulfide) groups is 1. The van der Waals surface area contributed by atoms with Crippen LogP contribution in [-0.2, 0) is 0 Å². The van der Waals surface area contributed by atoms with Crippen LogP contribution in [0.5, 0.6) is 5.75 Å². The van der Waals surface area contributed by atoms with Crippen LogP contribution in [0.15, 0.2) is 18.2 Å². The molecule has 0 radical (unpaired) electrons. The summed E-state index contributed by atoms with van der Waals surface area (Å²) in [6.07, 6.45) is 1.06. The molecule has 0 fully saturated rings. The predicted molar refractivity (Wildman–Crippen MR) is 69.0 cm³/mol. The highest BCUT2D eigenvalue weighted by atomic mass is 35.5. The molecule has 1 aromatic carbocycles. The monoisotopic (exact) mass is 245 g/mol. The summed E-state index contributed by atoms with van der Waals surface area (Å²) in [5.74, 6) is 3.09. The number of nitrogen functional groups attached to an aromatic ring is 1. The van der Waals surface area contributed by atoms with Crippen LogP contribution in [0.25, 0.3) is 0 Å². The van der Waals surface area contributed by atoms with E-state index < -0.39 is 0 Å². The van der Waals surface area contributed by atoms with E-state index in [0.717, 1.165) is 30.3 Å². The first-order chi connectivity index (χ1) is 7.24. The van der Waals surface area contributed by atoms with Crippen molar-refractivity contribution in [3.63, 3.8) is 0 Å². The molecular weight excluding hydrogens is 230 g/mol. The maximum atomic E-state index is 5.87. The van der Waals surface area contributed by atoms with E-state index in [4.69, 9.17) is 22.1 Å². The van der Waals surface area contributed by atoms with Crippen LogP contribution < -0.4 is 10.5 Å². The average molecular weight is 246 g/mol. The standard InChI is InChI=1S/C11H16ClNOS/c1-2-15-7-3-6-14-9-4-5-11(13)10(12)8-9/h4-5,8H,2-3,6-7,13H2,1H3. The first-order valence-electron chi connectivity index (χ1n) is 4.99. The van der Waals surface area contributed by atoms with E-state index in [1.807, 2.05) is 17.8 Å². The molecule has 0 atom stereocenters. The minimum absolute atomic E-state index is 0.551. The van der Waals surface area contributed by atoms with Gasteiger partial charge in [-0.1, -0.05) is 18.5 Å². The number of rotatable bonds is 6. The molecule has 0 aromatic heterocycles. The summed E-state index contributed by atoms with van der Waals surface area (Å²) in [4.78, 5) is 0. The Hall–Kier alpha value is -0.540. The van der Waals surface area contributed by atoms with E-state index in [2.05, 4.69) is 6.92 Å². The van der Waals surface area contributed by atoms with E-state index >= 15 is 0 Å². The number of hydrogen-bond donors (Lipinski definition) is 1. The first kappa shape index (κ1) is 12.5. The molecule has 0 aliphatic rings. The number of halogens is 1. The van der Waals surface area contributed by atoms with Gasteiger partial charge in [-0.05, 0) is 30.1 Å². The van der Waals surface area contributed by atoms with Gasteiger partial charge in [0.05, 0.1) is 17.3 Å². The van der Waals surface area contributed by atoms with Crippen molar-refractivity contribution >= 4 is 29.1 Å². The molecule has 15 heavy (non-hydrogen) atoms. The van der Waals surface area contributed by atoms with Crippen LogP contribution >= 0.6 is 23.4 Å². The Balaban J connectivity index is 2.28. The zero-order chi connectivity index (χ0) is 11.1. The maximum absolute atomic E-state index is 5.87. The molecule has 84 valence electrons. The number of benzene rings is 1. The van der Waals surface area contributed by atoms with Gasteiger partial charge >= 0.3 is 0 Å². The quantitative estimate of drug-likeness (QED) is 0.616. The molecule has 2 N–H and O–H groups in total. The van der Waals surface area contributed by atoms with Crippen molar-refractivity contribution in [3.05, 3.63) is 23.2 Å². The fourth-order valence-corrected chi connectivity index (χ4v) is 1.87. The summed E-state index contributed by atoms with van der Waals surface area (Å²) in [7, 11) is 0. The molecule has 2 nitrogen and oxygen atoms in total. The summed E-state index contributed by atoms with van der Waals surface area (Å²) in [6.45, 7) is 2.89. The Bertz CT molecular complexity index is 307. The van der Waals surface area contributed by atoms with E-state index in [9.17, 15) is 0 Å². The Kier molecular flexibility index (Phi) is 5.73. The zero-order valence-electron chi connectivity index (χ0n) is 8.83. The van der Waals surface area contributed by atoms with Crippen molar-refractivity contribution in [2.45, 2.75) is 13.3 Å². The van der Waals surface area contributed by atoms with E-state index in [1.54, 1.807) is 12.1 Å². The molecular formula is C11H16ClNOS. The highest BCUT2D eigenvalue weighted by molar-refractivity contribution is 7.99. The van der Waals surface area contributed by atoms with Gasteiger partial charge in [0.25, 0.3) is 0 Å². The maximum Gasteiger partial charge on any atom is 0.120 e. The molecule has 0 unspecified atom stereocenters. The smallest absolute Gasteiger partial charge is 0.120 e. The summed E-state index contributed by atoms with van der Waals surface area (Å²) in [6, 6.07) is 5.36.